The van der Waals surface area contributed by atoms with Gasteiger partial charge < -0.3 is 5.11 Å². The smallest absolute Gasteiger partial charge is 0.130 e. The first-order chi connectivity index (χ1) is 3.12. The quantitative estimate of drug-likeness (QED) is 0.559. The summed E-state index contributed by atoms with van der Waals surface area (Å²) in [7, 11) is 0. The molecule has 0 saturated heterocycles. The average molecular weight is 106 g/mol. The lowest BCUT2D eigenvalue weighted by molar-refractivity contribution is 0.0846. The van der Waals surface area contributed by atoms with Crippen LogP contribution in [0.1, 0.15) is 20.3 Å². The van der Waals surface area contributed by atoms with Crippen molar-refractivity contribution < 1.29 is 9.50 Å². The predicted octanol–water partition coefficient (Wildman–Crippen LogP) is 1.12. The van der Waals surface area contributed by atoms with E-state index >= 15 is 0 Å². The van der Waals surface area contributed by atoms with Gasteiger partial charge >= 0.3 is 0 Å². The van der Waals surface area contributed by atoms with Crippen molar-refractivity contribution in [3.63, 3.8) is 0 Å². The lowest BCUT2D eigenvalue weighted by Gasteiger charge is -2.12. The van der Waals surface area contributed by atoms with Gasteiger partial charge in [0.2, 0.25) is 0 Å². The highest BCUT2D eigenvalue weighted by molar-refractivity contribution is 4.67. The molecule has 0 bridgehead atoms. The van der Waals surface area contributed by atoms with Crippen molar-refractivity contribution in [2.75, 3.05) is 6.61 Å². The van der Waals surface area contributed by atoms with Crippen molar-refractivity contribution in [1.82, 2.24) is 0 Å². The Morgan fingerprint density at radius 3 is 2.14 bits per heavy atom. The van der Waals surface area contributed by atoms with Crippen molar-refractivity contribution in [2.24, 2.45) is 0 Å². The van der Waals surface area contributed by atoms with E-state index in [0.717, 1.165) is 0 Å². The van der Waals surface area contributed by atoms with Gasteiger partial charge in [0.25, 0.3) is 0 Å². The van der Waals surface area contributed by atoms with Crippen LogP contribution in [-0.4, -0.2) is 17.4 Å². The van der Waals surface area contributed by atoms with E-state index in [1.165, 1.54) is 6.92 Å². The Morgan fingerprint density at radius 2 is 2.14 bits per heavy atom. The maximum Gasteiger partial charge on any atom is 0.130 e. The Morgan fingerprint density at radius 1 is 1.71 bits per heavy atom. The highest BCUT2D eigenvalue weighted by Gasteiger charge is 2.17. The van der Waals surface area contributed by atoms with Gasteiger partial charge in [0, 0.05) is 0 Å². The van der Waals surface area contributed by atoms with Crippen LogP contribution in [0.2, 0.25) is 0 Å². The molecule has 0 rings (SSSR count). The highest BCUT2D eigenvalue weighted by atomic mass is 19.1. The third kappa shape index (κ3) is 2.57. The fraction of sp³-hybridized carbons (Fsp3) is 1.00. The molecule has 2 heteroatoms. The molecule has 1 N–H and O–H groups in total. The third-order valence-electron chi connectivity index (χ3n) is 1.07. The SMILES string of the molecule is CC[C@](C)(F)CO. The summed E-state index contributed by atoms with van der Waals surface area (Å²) < 4.78 is 12.3. The zero-order valence-corrected chi connectivity index (χ0v) is 4.74. The summed E-state index contributed by atoms with van der Waals surface area (Å²) >= 11 is 0. The maximum atomic E-state index is 12.3. The number of alkyl halides is 1. The van der Waals surface area contributed by atoms with Gasteiger partial charge in [0.05, 0.1) is 6.61 Å². The molecule has 0 amide bonds. The molecule has 0 aliphatic heterocycles. The Kier molecular flexibility index (Phi) is 2.23. The van der Waals surface area contributed by atoms with Crippen LogP contribution in [0.3, 0.4) is 0 Å². The summed E-state index contributed by atoms with van der Waals surface area (Å²) in [4.78, 5) is 0. The maximum absolute atomic E-state index is 12.3. The van der Waals surface area contributed by atoms with E-state index < -0.39 is 5.67 Å². The molecule has 44 valence electrons. The Hall–Kier alpha value is -0.110. The second kappa shape index (κ2) is 2.26. The molecule has 1 atom stereocenters. The molecule has 0 fully saturated rings. The third-order valence-corrected chi connectivity index (χ3v) is 1.07. The molecule has 0 aliphatic rings. The van der Waals surface area contributed by atoms with Gasteiger partial charge in [0.15, 0.2) is 0 Å². The minimum atomic E-state index is -1.36. The van der Waals surface area contributed by atoms with Crippen molar-refractivity contribution in [1.29, 1.82) is 0 Å². The topological polar surface area (TPSA) is 20.2 Å². The summed E-state index contributed by atoms with van der Waals surface area (Å²) in [6.45, 7) is 2.72. The van der Waals surface area contributed by atoms with E-state index in [9.17, 15) is 4.39 Å². The highest BCUT2D eigenvalue weighted by Crippen LogP contribution is 2.11. The van der Waals surface area contributed by atoms with Crippen LogP contribution >= 0.6 is 0 Å². The predicted molar refractivity (Wildman–Crippen MR) is 26.9 cm³/mol. The summed E-state index contributed by atoms with van der Waals surface area (Å²) in [5, 5.41) is 8.22. The lowest BCUT2D eigenvalue weighted by atomic mass is 10.1. The van der Waals surface area contributed by atoms with Crippen LogP contribution in [0.15, 0.2) is 0 Å². The number of aliphatic hydroxyl groups is 1. The molecule has 0 aliphatic carbocycles. The second-order valence-electron chi connectivity index (χ2n) is 1.93. The van der Waals surface area contributed by atoms with Gasteiger partial charge in [-0.25, -0.2) is 4.39 Å². The minimum absolute atomic E-state index is 0.372. The van der Waals surface area contributed by atoms with E-state index in [2.05, 4.69) is 0 Å². The molecular weight excluding hydrogens is 95.1 g/mol. The zero-order chi connectivity index (χ0) is 5.91. The van der Waals surface area contributed by atoms with Crippen molar-refractivity contribution in [3.05, 3.63) is 0 Å². The first-order valence-corrected chi connectivity index (χ1v) is 2.42. The summed E-state index contributed by atoms with van der Waals surface area (Å²) in [5.41, 5.74) is -1.36. The van der Waals surface area contributed by atoms with Gasteiger partial charge in [-0.2, -0.15) is 0 Å². The lowest BCUT2D eigenvalue weighted by Crippen LogP contribution is -2.20. The Labute approximate surface area is 43.2 Å². The van der Waals surface area contributed by atoms with Crippen molar-refractivity contribution in [3.8, 4) is 0 Å². The van der Waals surface area contributed by atoms with Gasteiger partial charge in [-0.15, -0.1) is 0 Å². The molecular formula is C5H11FO. The molecule has 0 spiro atoms. The second-order valence-corrected chi connectivity index (χ2v) is 1.93. The molecule has 0 radical (unpaired) electrons. The van der Waals surface area contributed by atoms with Crippen LogP contribution in [0.4, 0.5) is 4.39 Å². The van der Waals surface area contributed by atoms with Crippen molar-refractivity contribution >= 4 is 0 Å². The molecule has 0 unspecified atom stereocenters. The van der Waals surface area contributed by atoms with E-state index in [0.29, 0.717) is 6.42 Å². The normalized spacial score (nSPS) is 18.9. The number of hydrogen-bond donors (Lipinski definition) is 1. The molecule has 7 heavy (non-hydrogen) atoms. The van der Waals surface area contributed by atoms with Crippen LogP contribution in [-0.2, 0) is 0 Å². The van der Waals surface area contributed by atoms with Gasteiger partial charge in [0.1, 0.15) is 5.67 Å². The molecule has 0 heterocycles. The fourth-order valence-electron chi connectivity index (χ4n) is 0.112. The van der Waals surface area contributed by atoms with E-state index in [-0.39, 0.29) is 6.61 Å². The molecule has 0 aromatic carbocycles. The number of halogens is 1. The van der Waals surface area contributed by atoms with Gasteiger partial charge in [-0.05, 0) is 13.3 Å². The molecule has 1 nitrogen and oxygen atoms in total. The Bertz CT molecular complexity index is 46.0. The number of aliphatic hydroxyl groups excluding tert-OH is 1. The number of hydrogen-bond acceptors (Lipinski definition) is 1. The van der Waals surface area contributed by atoms with Crippen LogP contribution in [0, 0.1) is 0 Å². The van der Waals surface area contributed by atoms with Crippen LogP contribution < -0.4 is 0 Å². The van der Waals surface area contributed by atoms with Crippen molar-refractivity contribution in [2.45, 2.75) is 25.9 Å². The first kappa shape index (κ1) is 6.89. The van der Waals surface area contributed by atoms with Gasteiger partial charge in [-0.3, -0.25) is 0 Å². The average Bonchev–Trinajstić information content (AvgIpc) is 1.68. The summed E-state index contributed by atoms with van der Waals surface area (Å²) in [6, 6.07) is 0. The van der Waals surface area contributed by atoms with Gasteiger partial charge in [-0.1, -0.05) is 6.92 Å². The number of rotatable bonds is 2. The molecule has 0 aromatic heterocycles. The first-order valence-electron chi connectivity index (χ1n) is 2.42. The zero-order valence-electron chi connectivity index (χ0n) is 4.74. The summed E-state index contributed by atoms with van der Waals surface area (Å²) in [6.07, 6.45) is 0.378. The largest absolute Gasteiger partial charge is 0.393 e. The van der Waals surface area contributed by atoms with E-state index in [1.807, 2.05) is 0 Å². The summed E-state index contributed by atoms with van der Waals surface area (Å²) in [5.74, 6) is 0. The van der Waals surface area contributed by atoms with Crippen LogP contribution in [0.25, 0.3) is 0 Å². The van der Waals surface area contributed by atoms with E-state index in [1.54, 1.807) is 6.92 Å². The molecule has 0 aromatic rings. The Balaban J connectivity index is 3.36. The standard InChI is InChI=1S/C5H11FO/c1-3-5(2,6)4-7/h7H,3-4H2,1-2H3/t5-/m0/s1. The minimum Gasteiger partial charge on any atom is -0.393 e. The monoisotopic (exact) mass is 106 g/mol. The van der Waals surface area contributed by atoms with Crippen LogP contribution in [0.5, 0.6) is 0 Å². The fourth-order valence-corrected chi connectivity index (χ4v) is 0.112. The molecule has 0 saturated carbocycles. The van der Waals surface area contributed by atoms with E-state index in [4.69, 9.17) is 5.11 Å².